The van der Waals surface area contributed by atoms with Crippen molar-refractivity contribution in [3.63, 3.8) is 0 Å². The van der Waals surface area contributed by atoms with Crippen molar-refractivity contribution in [2.75, 3.05) is 12.0 Å². The van der Waals surface area contributed by atoms with Gasteiger partial charge < -0.3 is 16.2 Å². The maximum Gasteiger partial charge on any atom is 0.306 e. The van der Waals surface area contributed by atoms with E-state index in [0.717, 1.165) is 19.1 Å². The van der Waals surface area contributed by atoms with Crippen molar-refractivity contribution in [2.24, 2.45) is 11.7 Å². The minimum atomic E-state index is -3.14. The zero-order valence-corrected chi connectivity index (χ0v) is 12.4. The molecule has 0 heterocycles. The lowest BCUT2D eigenvalue weighted by Crippen LogP contribution is -2.47. The lowest BCUT2D eigenvalue weighted by molar-refractivity contribution is -0.143. The smallest absolute Gasteiger partial charge is 0.306 e. The van der Waals surface area contributed by atoms with Crippen LogP contribution in [0.4, 0.5) is 0 Å². The minimum absolute atomic E-state index is 0.0692. The van der Waals surface area contributed by atoms with Gasteiger partial charge in [0.15, 0.2) is 0 Å². The Morgan fingerprint density at radius 2 is 2.05 bits per heavy atom. The van der Waals surface area contributed by atoms with Crippen LogP contribution < -0.4 is 11.1 Å². The molecule has 1 fully saturated rings. The molecule has 1 aliphatic carbocycles. The number of aliphatic carboxylic acids is 1. The predicted molar refractivity (Wildman–Crippen MR) is 73.8 cm³/mol. The molecule has 0 aromatic heterocycles. The summed E-state index contributed by atoms with van der Waals surface area (Å²) in [4.78, 5) is 22.8. The van der Waals surface area contributed by atoms with E-state index in [4.69, 9.17) is 10.8 Å². The third-order valence-electron chi connectivity index (χ3n) is 3.51. The van der Waals surface area contributed by atoms with Gasteiger partial charge in [-0.05, 0) is 25.7 Å². The Labute approximate surface area is 118 Å². The fourth-order valence-electron chi connectivity index (χ4n) is 2.33. The highest BCUT2D eigenvalue weighted by Crippen LogP contribution is 2.24. The average molecular weight is 306 g/mol. The number of amides is 1. The first kappa shape index (κ1) is 16.9. The predicted octanol–water partition coefficient (Wildman–Crippen LogP) is -0.492. The lowest BCUT2D eigenvalue weighted by Gasteiger charge is -2.28. The number of carboxylic acids is 1. The van der Waals surface area contributed by atoms with Gasteiger partial charge in [-0.3, -0.25) is 9.59 Å². The highest BCUT2D eigenvalue weighted by molar-refractivity contribution is 7.90. The zero-order valence-electron chi connectivity index (χ0n) is 11.5. The van der Waals surface area contributed by atoms with Crippen LogP contribution in [0.15, 0.2) is 0 Å². The summed E-state index contributed by atoms with van der Waals surface area (Å²) >= 11 is 0. The summed E-state index contributed by atoms with van der Waals surface area (Å²) < 4.78 is 22.0. The van der Waals surface area contributed by atoms with Crippen LogP contribution in [0, 0.1) is 5.92 Å². The SMILES string of the molecule is CS(=O)(=O)CCC(N)C(=O)NC1CCCC(C(=O)O)C1. The molecular formula is C12H22N2O5S. The Kier molecular flexibility index (Phi) is 5.94. The standard InChI is InChI=1S/C12H22N2O5S/c1-20(18,19)6-5-10(13)11(15)14-9-4-2-3-8(7-9)12(16)17/h8-10H,2-7,13H2,1H3,(H,14,15)(H,16,17). The van der Waals surface area contributed by atoms with Gasteiger partial charge in [-0.15, -0.1) is 0 Å². The van der Waals surface area contributed by atoms with Gasteiger partial charge in [-0.1, -0.05) is 6.42 Å². The second-order valence-corrected chi connectivity index (χ2v) is 7.69. The molecule has 1 amide bonds. The quantitative estimate of drug-likeness (QED) is 0.607. The summed E-state index contributed by atoms with van der Waals surface area (Å²) in [6.45, 7) is 0. The van der Waals surface area contributed by atoms with Crippen LogP contribution in [0.5, 0.6) is 0 Å². The molecule has 0 radical (unpaired) electrons. The van der Waals surface area contributed by atoms with E-state index in [1.807, 2.05) is 0 Å². The maximum atomic E-state index is 11.8. The summed E-state index contributed by atoms with van der Waals surface area (Å²) in [7, 11) is -3.14. The molecule has 8 heteroatoms. The highest BCUT2D eigenvalue weighted by atomic mass is 32.2. The number of nitrogens with two attached hydrogens (primary N) is 1. The van der Waals surface area contributed by atoms with E-state index < -0.39 is 33.7 Å². The van der Waals surface area contributed by atoms with E-state index in [1.165, 1.54) is 0 Å². The van der Waals surface area contributed by atoms with Crippen LogP contribution >= 0.6 is 0 Å². The summed E-state index contributed by atoms with van der Waals surface area (Å²) in [5.74, 6) is -1.82. The first-order valence-corrected chi connectivity index (χ1v) is 8.71. The summed E-state index contributed by atoms with van der Waals surface area (Å²) in [5.41, 5.74) is 5.64. The second kappa shape index (κ2) is 7.03. The van der Waals surface area contributed by atoms with E-state index in [-0.39, 0.29) is 18.2 Å². The van der Waals surface area contributed by atoms with E-state index in [1.54, 1.807) is 0 Å². The van der Waals surface area contributed by atoms with Crippen LogP contribution in [0.25, 0.3) is 0 Å². The fourth-order valence-corrected chi connectivity index (χ4v) is 3.01. The van der Waals surface area contributed by atoms with Gasteiger partial charge in [0.1, 0.15) is 9.84 Å². The van der Waals surface area contributed by atoms with E-state index in [2.05, 4.69) is 5.32 Å². The molecular weight excluding hydrogens is 284 g/mol. The van der Waals surface area contributed by atoms with Crippen molar-refractivity contribution >= 4 is 21.7 Å². The number of hydrogen-bond acceptors (Lipinski definition) is 5. The normalized spacial score (nSPS) is 24.9. The van der Waals surface area contributed by atoms with E-state index in [9.17, 15) is 18.0 Å². The highest BCUT2D eigenvalue weighted by Gasteiger charge is 2.28. The average Bonchev–Trinajstić information content (AvgIpc) is 2.35. The van der Waals surface area contributed by atoms with Gasteiger partial charge in [0.05, 0.1) is 17.7 Å². The molecule has 0 aromatic rings. The molecule has 1 saturated carbocycles. The number of carbonyl (C=O) groups excluding carboxylic acids is 1. The summed E-state index contributed by atoms with van der Waals surface area (Å²) in [5, 5.41) is 11.7. The molecule has 3 unspecified atom stereocenters. The molecule has 0 bridgehead atoms. The molecule has 20 heavy (non-hydrogen) atoms. The van der Waals surface area contributed by atoms with Gasteiger partial charge in [0.25, 0.3) is 0 Å². The third kappa shape index (κ3) is 5.87. The van der Waals surface area contributed by atoms with Crippen molar-refractivity contribution in [3.8, 4) is 0 Å². The molecule has 0 aromatic carbocycles. The topological polar surface area (TPSA) is 127 Å². The molecule has 0 aliphatic heterocycles. The van der Waals surface area contributed by atoms with E-state index in [0.29, 0.717) is 12.8 Å². The van der Waals surface area contributed by atoms with Crippen molar-refractivity contribution < 1.29 is 23.1 Å². The van der Waals surface area contributed by atoms with Crippen LogP contribution in [-0.2, 0) is 19.4 Å². The van der Waals surface area contributed by atoms with E-state index >= 15 is 0 Å². The number of carbonyl (C=O) groups is 2. The number of nitrogens with one attached hydrogen (secondary N) is 1. The van der Waals surface area contributed by atoms with Gasteiger partial charge in [-0.2, -0.15) is 0 Å². The first-order valence-electron chi connectivity index (χ1n) is 6.65. The Morgan fingerprint density at radius 3 is 2.60 bits per heavy atom. The van der Waals surface area contributed by atoms with Crippen molar-refractivity contribution in [1.82, 2.24) is 5.32 Å². The Morgan fingerprint density at radius 1 is 1.40 bits per heavy atom. The van der Waals surface area contributed by atoms with Crippen LogP contribution in [0.1, 0.15) is 32.1 Å². The molecule has 3 atom stereocenters. The Hall–Kier alpha value is -1.15. The minimum Gasteiger partial charge on any atom is -0.481 e. The lowest BCUT2D eigenvalue weighted by atomic mass is 9.85. The van der Waals surface area contributed by atoms with Crippen molar-refractivity contribution in [2.45, 2.75) is 44.2 Å². The molecule has 4 N–H and O–H groups in total. The first-order chi connectivity index (χ1) is 9.19. The second-order valence-electron chi connectivity index (χ2n) is 5.43. The zero-order chi connectivity index (χ0) is 15.3. The number of rotatable bonds is 6. The molecule has 1 aliphatic rings. The summed E-state index contributed by atoms with van der Waals surface area (Å²) in [6, 6.07) is -1.07. The monoisotopic (exact) mass is 306 g/mol. The Bertz CT molecular complexity index is 462. The van der Waals surface area contributed by atoms with Crippen molar-refractivity contribution in [1.29, 1.82) is 0 Å². The van der Waals surface area contributed by atoms with Gasteiger partial charge in [0, 0.05) is 12.3 Å². The van der Waals surface area contributed by atoms with Gasteiger partial charge in [-0.25, -0.2) is 8.42 Å². The molecule has 0 saturated heterocycles. The maximum absolute atomic E-state index is 11.8. The number of sulfone groups is 1. The summed E-state index contributed by atoms with van der Waals surface area (Å²) in [6.07, 6.45) is 3.67. The van der Waals surface area contributed by atoms with Gasteiger partial charge >= 0.3 is 5.97 Å². The van der Waals surface area contributed by atoms with Crippen LogP contribution in [0.2, 0.25) is 0 Å². The molecule has 0 spiro atoms. The Balaban J connectivity index is 2.43. The molecule has 7 nitrogen and oxygen atoms in total. The van der Waals surface area contributed by atoms with Crippen LogP contribution in [-0.4, -0.2) is 49.5 Å². The van der Waals surface area contributed by atoms with Crippen molar-refractivity contribution in [3.05, 3.63) is 0 Å². The fraction of sp³-hybridized carbons (Fsp3) is 0.833. The van der Waals surface area contributed by atoms with Crippen LogP contribution in [0.3, 0.4) is 0 Å². The largest absolute Gasteiger partial charge is 0.481 e. The third-order valence-corrected chi connectivity index (χ3v) is 4.48. The molecule has 116 valence electrons. The van der Waals surface area contributed by atoms with Gasteiger partial charge in [0.2, 0.25) is 5.91 Å². The molecule has 1 rings (SSSR count). The number of carboxylic acid groups (broad SMARTS) is 1. The number of hydrogen-bond donors (Lipinski definition) is 3.